The number of nitrogens with zero attached hydrogens (tertiary/aromatic N) is 2. The summed E-state index contributed by atoms with van der Waals surface area (Å²) in [5, 5.41) is 9.99. The van der Waals surface area contributed by atoms with Crippen molar-refractivity contribution in [1.29, 1.82) is 0 Å². The van der Waals surface area contributed by atoms with E-state index in [4.69, 9.17) is 9.26 Å². The zero-order valence-corrected chi connectivity index (χ0v) is 12.9. The first-order valence-corrected chi connectivity index (χ1v) is 7.50. The molecule has 0 aliphatic carbocycles. The molecule has 4 rings (SSSR count). The first-order valence-electron chi connectivity index (χ1n) is 7.50. The van der Waals surface area contributed by atoms with Crippen LogP contribution < -0.4 is 10.3 Å². The Morgan fingerprint density at radius 1 is 1.12 bits per heavy atom. The highest BCUT2D eigenvalue weighted by Crippen LogP contribution is 2.22. The molecule has 0 aliphatic heterocycles. The summed E-state index contributed by atoms with van der Waals surface area (Å²) in [6.07, 6.45) is 0. The van der Waals surface area contributed by atoms with Crippen LogP contribution in [0.5, 0.6) is 5.75 Å². The minimum atomic E-state index is -1.34. The molecule has 124 valence electrons. The number of rotatable bonds is 4. The van der Waals surface area contributed by atoms with Gasteiger partial charge in [-0.2, -0.15) is 0 Å². The van der Waals surface area contributed by atoms with Crippen LogP contribution in [-0.2, 0) is 6.61 Å². The van der Waals surface area contributed by atoms with Crippen molar-refractivity contribution in [1.82, 2.24) is 9.56 Å². The molecule has 4 aromatic rings. The second-order valence-electron chi connectivity index (χ2n) is 5.38. The van der Waals surface area contributed by atoms with Gasteiger partial charge in [0, 0.05) is 0 Å². The number of carbonyl (C=O) groups is 1. The lowest BCUT2D eigenvalue weighted by molar-refractivity contribution is 0.0684. The molecule has 2 aromatic heterocycles. The number of carboxylic acids is 1. The fourth-order valence-corrected chi connectivity index (χ4v) is 2.58. The first-order chi connectivity index (χ1) is 12.1. The van der Waals surface area contributed by atoms with Crippen molar-refractivity contribution in [2.45, 2.75) is 6.61 Å². The van der Waals surface area contributed by atoms with Gasteiger partial charge >= 0.3 is 11.5 Å². The molecule has 0 aliphatic rings. The van der Waals surface area contributed by atoms with Crippen LogP contribution in [0, 0.1) is 0 Å². The molecule has 0 saturated carbocycles. The molecule has 0 atom stereocenters. The Hall–Kier alpha value is -3.61. The topological polar surface area (TPSA) is 94.0 Å². The zero-order chi connectivity index (χ0) is 17.4. The van der Waals surface area contributed by atoms with Crippen LogP contribution in [0.1, 0.15) is 16.1 Å². The average Bonchev–Trinajstić information content (AvgIpc) is 3.00. The van der Waals surface area contributed by atoms with Gasteiger partial charge in [-0.1, -0.05) is 42.5 Å². The third-order valence-corrected chi connectivity index (χ3v) is 3.75. The lowest BCUT2D eigenvalue weighted by Crippen LogP contribution is -2.21. The second kappa shape index (κ2) is 5.79. The predicted molar refractivity (Wildman–Crippen MR) is 89.0 cm³/mol. The van der Waals surface area contributed by atoms with Crippen LogP contribution in [0.4, 0.5) is 0 Å². The molecule has 0 radical (unpaired) electrons. The van der Waals surface area contributed by atoms with Crippen molar-refractivity contribution < 1.29 is 19.2 Å². The van der Waals surface area contributed by atoms with E-state index in [1.54, 1.807) is 24.3 Å². The van der Waals surface area contributed by atoms with E-state index in [2.05, 4.69) is 4.98 Å². The Morgan fingerprint density at radius 3 is 2.60 bits per heavy atom. The second-order valence-corrected chi connectivity index (χ2v) is 5.38. The number of para-hydroxylation sites is 1. The standard InChI is InChI=1S/C18H12N2O5/c21-17-15(24-10-11-6-2-1-3-7-11)14(18(22)23)19-16-12-8-4-5-9-13(12)25-20(16)17/h1-9H,10H2,(H,22,23). The first kappa shape index (κ1) is 14.9. The molecule has 2 heterocycles. The Labute approximate surface area is 140 Å². The van der Waals surface area contributed by atoms with Gasteiger partial charge in [0.25, 0.3) is 0 Å². The minimum absolute atomic E-state index is 0.0460. The number of ether oxygens (including phenoxy) is 1. The van der Waals surface area contributed by atoms with Gasteiger partial charge in [-0.05, 0) is 17.7 Å². The van der Waals surface area contributed by atoms with Gasteiger partial charge in [0.05, 0.1) is 5.39 Å². The van der Waals surface area contributed by atoms with Crippen molar-refractivity contribution in [3.63, 3.8) is 0 Å². The minimum Gasteiger partial charge on any atom is -0.481 e. The van der Waals surface area contributed by atoms with E-state index >= 15 is 0 Å². The molecule has 0 fully saturated rings. The van der Waals surface area contributed by atoms with Crippen LogP contribution in [-0.4, -0.2) is 20.6 Å². The SMILES string of the molecule is O=C(O)c1nc2c3ccccc3on2c(=O)c1OCc1ccccc1. The molecule has 7 nitrogen and oxygen atoms in total. The zero-order valence-electron chi connectivity index (χ0n) is 12.9. The normalized spacial score (nSPS) is 11.0. The lowest BCUT2D eigenvalue weighted by atomic mass is 10.2. The fraction of sp³-hybridized carbons (Fsp3) is 0.0556. The summed E-state index contributed by atoms with van der Waals surface area (Å²) in [6, 6.07) is 16.0. The molecule has 2 aromatic carbocycles. The van der Waals surface area contributed by atoms with Gasteiger partial charge in [-0.15, -0.1) is 4.57 Å². The molecule has 0 saturated heterocycles. The molecular weight excluding hydrogens is 324 g/mol. The van der Waals surface area contributed by atoms with Gasteiger partial charge < -0.3 is 14.4 Å². The van der Waals surface area contributed by atoms with E-state index in [0.717, 1.165) is 10.1 Å². The van der Waals surface area contributed by atoms with E-state index in [9.17, 15) is 14.7 Å². The summed E-state index contributed by atoms with van der Waals surface area (Å²) in [6.45, 7) is 0.0460. The third kappa shape index (κ3) is 2.51. The molecule has 0 unspecified atom stereocenters. The van der Waals surface area contributed by atoms with Gasteiger partial charge in [0.15, 0.2) is 16.9 Å². The number of benzene rings is 2. The Balaban J connectivity index is 1.88. The molecule has 25 heavy (non-hydrogen) atoms. The van der Waals surface area contributed by atoms with Gasteiger partial charge in [0.2, 0.25) is 5.75 Å². The van der Waals surface area contributed by atoms with Crippen LogP contribution in [0.25, 0.3) is 16.6 Å². The van der Waals surface area contributed by atoms with Crippen LogP contribution in [0.15, 0.2) is 63.9 Å². The predicted octanol–water partition coefficient (Wildman–Crippen LogP) is 2.72. The summed E-state index contributed by atoms with van der Waals surface area (Å²) in [5.74, 6) is -1.69. The highest BCUT2D eigenvalue weighted by molar-refractivity contribution is 5.94. The summed E-state index contributed by atoms with van der Waals surface area (Å²) in [5.41, 5.74) is 0.240. The van der Waals surface area contributed by atoms with E-state index in [0.29, 0.717) is 11.0 Å². The van der Waals surface area contributed by atoms with Crippen molar-refractivity contribution >= 4 is 22.6 Å². The Kier molecular flexibility index (Phi) is 3.46. The van der Waals surface area contributed by atoms with E-state index in [1.807, 2.05) is 30.3 Å². The Bertz CT molecular complexity index is 1140. The number of aromatic carboxylic acids is 1. The molecule has 0 spiro atoms. The number of hydrogen-bond donors (Lipinski definition) is 1. The number of fused-ring (bicyclic) bond motifs is 3. The number of carboxylic acid groups (broad SMARTS) is 1. The third-order valence-electron chi connectivity index (χ3n) is 3.75. The van der Waals surface area contributed by atoms with Crippen LogP contribution >= 0.6 is 0 Å². The summed E-state index contributed by atoms with van der Waals surface area (Å²) >= 11 is 0. The maximum absolute atomic E-state index is 12.7. The van der Waals surface area contributed by atoms with E-state index in [1.165, 1.54) is 0 Å². The fourth-order valence-electron chi connectivity index (χ4n) is 2.58. The molecule has 0 bridgehead atoms. The van der Waals surface area contributed by atoms with Crippen LogP contribution in [0.3, 0.4) is 0 Å². The average molecular weight is 336 g/mol. The van der Waals surface area contributed by atoms with Crippen LogP contribution in [0.2, 0.25) is 0 Å². The van der Waals surface area contributed by atoms with Crippen molar-refractivity contribution in [3.8, 4) is 5.75 Å². The molecule has 7 heteroatoms. The smallest absolute Gasteiger partial charge is 0.358 e. The molecular formula is C18H12N2O5. The van der Waals surface area contributed by atoms with Crippen molar-refractivity contribution in [2.75, 3.05) is 0 Å². The maximum Gasteiger partial charge on any atom is 0.358 e. The summed E-state index contributed by atoms with van der Waals surface area (Å²) in [7, 11) is 0. The lowest BCUT2D eigenvalue weighted by Gasteiger charge is -2.08. The van der Waals surface area contributed by atoms with Gasteiger partial charge in [-0.3, -0.25) is 4.79 Å². The Morgan fingerprint density at radius 2 is 1.84 bits per heavy atom. The highest BCUT2D eigenvalue weighted by atomic mass is 16.5. The van der Waals surface area contributed by atoms with Gasteiger partial charge in [-0.25, -0.2) is 9.78 Å². The largest absolute Gasteiger partial charge is 0.481 e. The van der Waals surface area contributed by atoms with Gasteiger partial charge in [0.1, 0.15) is 6.61 Å². The molecule has 1 N–H and O–H groups in total. The molecule has 0 amide bonds. The van der Waals surface area contributed by atoms with Crippen molar-refractivity contribution in [3.05, 3.63) is 76.2 Å². The highest BCUT2D eigenvalue weighted by Gasteiger charge is 2.23. The number of hydrogen-bond acceptors (Lipinski definition) is 5. The number of aromatic nitrogens is 2. The monoisotopic (exact) mass is 336 g/mol. The van der Waals surface area contributed by atoms with E-state index < -0.39 is 17.2 Å². The maximum atomic E-state index is 12.7. The van der Waals surface area contributed by atoms with E-state index in [-0.39, 0.29) is 18.0 Å². The summed E-state index contributed by atoms with van der Waals surface area (Å²) in [4.78, 5) is 28.3. The van der Waals surface area contributed by atoms with Crippen molar-refractivity contribution in [2.24, 2.45) is 0 Å². The summed E-state index contributed by atoms with van der Waals surface area (Å²) < 4.78 is 11.9. The quantitative estimate of drug-likeness (QED) is 0.616.